The van der Waals surface area contributed by atoms with Crippen molar-refractivity contribution < 1.29 is 27.9 Å². The normalized spacial score (nSPS) is 22.4. The summed E-state index contributed by atoms with van der Waals surface area (Å²) in [5.41, 5.74) is 1.70. The van der Waals surface area contributed by atoms with Crippen LogP contribution in [-0.4, -0.2) is 85.4 Å². The lowest BCUT2D eigenvalue weighted by Crippen LogP contribution is -2.64. The highest BCUT2D eigenvalue weighted by Gasteiger charge is 2.47. The number of carbonyl (C=O) groups is 2. The number of piperazine rings is 1. The van der Waals surface area contributed by atoms with Crippen LogP contribution in [0.1, 0.15) is 41.6 Å². The molecule has 0 aromatic heterocycles. The van der Waals surface area contributed by atoms with Crippen molar-refractivity contribution in [3.63, 3.8) is 0 Å². The van der Waals surface area contributed by atoms with Crippen LogP contribution in [0.3, 0.4) is 0 Å². The number of rotatable bonds is 6. The number of aliphatic hydroxyl groups is 1. The molecule has 2 aliphatic carbocycles. The Kier molecular flexibility index (Phi) is 5.99. The molecule has 0 unspecified atom stereocenters. The summed E-state index contributed by atoms with van der Waals surface area (Å²) in [6.45, 7) is 1.61. The molecule has 0 atom stereocenters. The summed E-state index contributed by atoms with van der Waals surface area (Å²) in [4.78, 5) is 28.7. The zero-order valence-electron chi connectivity index (χ0n) is 18.9. The van der Waals surface area contributed by atoms with Crippen molar-refractivity contribution in [3.05, 3.63) is 53.2 Å². The number of benzene rings is 1. The second kappa shape index (κ2) is 8.83. The molecule has 34 heavy (non-hydrogen) atoms. The Morgan fingerprint density at radius 1 is 1.03 bits per heavy atom. The number of hydrogen-bond donors (Lipinski definition) is 2. The first-order valence-electron chi connectivity index (χ1n) is 11.7. The molecule has 2 amide bonds. The minimum Gasteiger partial charge on any atom is -0.376 e. The molecule has 182 valence electrons. The van der Waals surface area contributed by atoms with E-state index in [1.165, 1.54) is 0 Å². The summed E-state index contributed by atoms with van der Waals surface area (Å²) in [5, 5.41) is 9.92. The number of carbonyl (C=O) groups excluding carboxylic acids is 2. The van der Waals surface area contributed by atoms with Crippen LogP contribution in [0.4, 0.5) is 0 Å². The Hall–Kier alpha value is -2.69. The molecule has 4 aliphatic rings. The summed E-state index contributed by atoms with van der Waals surface area (Å²) >= 11 is 0. The maximum absolute atomic E-state index is 13.0. The Morgan fingerprint density at radius 2 is 1.68 bits per heavy atom. The van der Waals surface area contributed by atoms with E-state index in [1.807, 2.05) is 18.2 Å². The van der Waals surface area contributed by atoms with E-state index in [-0.39, 0.29) is 30.3 Å². The van der Waals surface area contributed by atoms with Crippen molar-refractivity contribution in [2.45, 2.75) is 36.5 Å². The van der Waals surface area contributed by atoms with Gasteiger partial charge in [0, 0.05) is 37.4 Å². The van der Waals surface area contributed by atoms with E-state index in [0.29, 0.717) is 43.9 Å². The van der Waals surface area contributed by atoms with Gasteiger partial charge in [-0.1, -0.05) is 18.2 Å². The van der Waals surface area contributed by atoms with Crippen LogP contribution in [0.25, 0.3) is 5.57 Å². The Labute approximate surface area is 199 Å². The Bertz CT molecular complexity index is 1140. The molecule has 3 fully saturated rings. The van der Waals surface area contributed by atoms with Crippen LogP contribution >= 0.6 is 0 Å². The topological polar surface area (TPSA) is 116 Å². The molecule has 1 saturated carbocycles. The van der Waals surface area contributed by atoms with E-state index in [2.05, 4.69) is 10.8 Å². The van der Waals surface area contributed by atoms with Crippen LogP contribution in [0.15, 0.2) is 42.1 Å². The molecule has 10 heteroatoms. The van der Waals surface area contributed by atoms with Crippen molar-refractivity contribution in [1.29, 1.82) is 0 Å². The predicted octanol–water partition coefficient (Wildman–Crippen LogP) is 0.875. The van der Waals surface area contributed by atoms with E-state index in [1.54, 1.807) is 21.9 Å². The van der Waals surface area contributed by atoms with Gasteiger partial charge in [-0.3, -0.25) is 14.3 Å². The minimum absolute atomic E-state index is 0.0246. The number of sulfonamides is 1. The second-order valence-electron chi connectivity index (χ2n) is 9.40. The fraction of sp³-hybridized carbons (Fsp3) is 0.500. The molecule has 0 bridgehead atoms. The largest absolute Gasteiger partial charge is 0.376 e. The SMILES string of the molecule is O=C(c1ccc(C2=CCCC(NS(=O)(=O)C3CC3)=C2)cc1)N1CCN(C(=O)C2(O)COC2)CC1. The van der Waals surface area contributed by atoms with Crippen LogP contribution in [0.5, 0.6) is 0 Å². The molecule has 5 rings (SSSR count). The number of nitrogens with zero attached hydrogens (tertiary/aromatic N) is 2. The third-order valence-electron chi connectivity index (χ3n) is 6.74. The second-order valence-corrected chi connectivity index (χ2v) is 11.4. The lowest BCUT2D eigenvalue weighted by molar-refractivity contribution is -0.201. The van der Waals surface area contributed by atoms with Gasteiger partial charge >= 0.3 is 0 Å². The highest BCUT2D eigenvalue weighted by molar-refractivity contribution is 7.90. The number of nitrogens with one attached hydrogen (secondary N) is 1. The molecule has 0 radical (unpaired) electrons. The molecule has 0 spiro atoms. The summed E-state index contributed by atoms with van der Waals surface area (Å²) in [6.07, 6.45) is 6.80. The number of amides is 2. The fourth-order valence-electron chi connectivity index (χ4n) is 4.44. The van der Waals surface area contributed by atoms with Gasteiger partial charge in [0.15, 0.2) is 5.60 Å². The highest BCUT2D eigenvalue weighted by atomic mass is 32.2. The maximum Gasteiger partial charge on any atom is 0.259 e. The van der Waals surface area contributed by atoms with Crippen LogP contribution in [-0.2, 0) is 19.6 Å². The summed E-state index contributed by atoms with van der Waals surface area (Å²) in [7, 11) is -3.28. The first-order valence-corrected chi connectivity index (χ1v) is 13.2. The average molecular weight is 488 g/mol. The maximum atomic E-state index is 13.0. The minimum atomic E-state index is -3.28. The summed E-state index contributed by atoms with van der Waals surface area (Å²) in [5.74, 6) is -0.432. The van der Waals surface area contributed by atoms with E-state index >= 15 is 0 Å². The fourth-order valence-corrected chi connectivity index (χ4v) is 5.89. The molecule has 2 saturated heterocycles. The van der Waals surface area contributed by atoms with E-state index < -0.39 is 15.6 Å². The average Bonchev–Trinajstić information content (AvgIpc) is 3.68. The molecule has 2 aliphatic heterocycles. The third-order valence-corrected chi connectivity index (χ3v) is 8.64. The van der Waals surface area contributed by atoms with E-state index in [0.717, 1.165) is 30.4 Å². The van der Waals surface area contributed by atoms with Gasteiger partial charge in [0.2, 0.25) is 10.0 Å². The van der Waals surface area contributed by atoms with Crippen molar-refractivity contribution in [2.24, 2.45) is 0 Å². The third kappa shape index (κ3) is 4.62. The van der Waals surface area contributed by atoms with Crippen molar-refractivity contribution in [3.8, 4) is 0 Å². The summed E-state index contributed by atoms with van der Waals surface area (Å²) in [6, 6.07) is 7.31. The first kappa shape index (κ1) is 23.1. The number of hydrogen-bond acceptors (Lipinski definition) is 6. The number of allylic oxidation sites excluding steroid dienone is 4. The summed E-state index contributed by atoms with van der Waals surface area (Å²) < 4.78 is 32.2. The standard InChI is InChI=1S/C24H29N3O6S/c28-22(26-10-12-27(13-11-26)23(29)24(30)15-33-16-24)18-6-4-17(5-7-18)19-2-1-3-20(14-19)25-34(31,32)21-8-9-21/h2,4-7,14,21,25,30H,1,3,8-13,15-16H2. The van der Waals surface area contributed by atoms with Crippen molar-refractivity contribution in [1.82, 2.24) is 14.5 Å². The molecule has 9 nitrogen and oxygen atoms in total. The molecule has 1 aromatic carbocycles. The number of ether oxygens (including phenoxy) is 1. The van der Waals surface area contributed by atoms with Crippen molar-refractivity contribution in [2.75, 3.05) is 39.4 Å². The van der Waals surface area contributed by atoms with E-state index in [9.17, 15) is 23.1 Å². The van der Waals surface area contributed by atoms with Gasteiger partial charge in [-0.25, -0.2) is 8.42 Å². The Morgan fingerprint density at radius 3 is 2.26 bits per heavy atom. The molecular formula is C24H29N3O6S. The van der Waals surface area contributed by atoms with E-state index in [4.69, 9.17) is 4.74 Å². The Balaban J connectivity index is 1.19. The molecule has 2 heterocycles. The lowest BCUT2D eigenvalue weighted by atomic mass is 9.97. The predicted molar refractivity (Wildman–Crippen MR) is 125 cm³/mol. The van der Waals surface area contributed by atoms with Gasteiger partial charge in [-0.15, -0.1) is 0 Å². The lowest BCUT2D eigenvalue weighted by Gasteiger charge is -2.42. The van der Waals surface area contributed by atoms with Gasteiger partial charge in [-0.2, -0.15) is 0 Å². The monoisotopic (exact) mass is 487 g/mol. The molecular weight excluding hydrogens is 458 g/mol. The zero-order chi connectivity index (χ0) is 23.9. The van der Waals surface area contributed by atoms with Gasteiger partial charge in [0.05, 0.1) is 18.5 Å². The molecule has 1 aromatic rings. The van der Waals surface area contributed by atoms with Crippen LogP contribution < -0.4 is 4.72 Å². The van der Waals surface area contributed by atoms with Crippen LogP contribution in [0, 0.1) is 0 Å². The zero-order valence-corrected chi connectivity index (χ0v) is 19.7. The van der Waals surface area contributed by atoms with Gasteiger partial charge < -0.3 is 19.6 Å². The van der Waals surface area contributed by atoms with Gasteiger partial charge in [-0.05, 0) is 55.0 Å². The first-order chi connectivity index (χ1) is 16.2. The quantitative estimate of drug-likeness (QED) is 0.615. The van der Waals surface area contributed by atoms with Gasteiger partial charge in [0.1, 0.15) is 0 Å². The molecule has 2 N–H and O–H groups in total. The van der Waals surface area contributed by atoms with Gasteiger partial charge in [0.25, 0.3) is 11.8 Å². The highest BCUT2D eigenvalue weighted by Crippen LogP contribution is 2.30. The van der Waals surface area contributed by atoms with Crippen LogP contribution in [0.2, 0.25) is 0 Å². The smallest absolute Gasteiger partial charge is 0.259 e. The van der Waals surface area contributed by atoms with Crippen molar-refractivity contribution >= 4 is 27.4 Å².